The molecule has 140 valence electrons. The Morgan fingerprint density at radius 1 is 0.630 bits per heavy atom. The summed E-state index contributed by atoms with van der Waals surface area (Å²) in [5.41, 5.74) is 2.03. The Morgan fingerprint density at radius 3 is 1.44 bits per heavy atom. The van der Waals surface area contributed by atoms with E-state index in [0.717, 1.165) is 34.1 Å². The predicted octanol–water partition coefficient (Wildman–Crippen LogP) is 6.07. The van der Waals surface area contributed by atoms with Gasteiger partial charge < -0.3 is 14.2 Å². The van der Waals surface area contributed by atoms with Crippen molar-refractivity contribution in [3.05, 3.63) is 98.1 Å². The van der Waals surface area contributed by atoms with Crippen LogP contribution in [-0.2, 0) is 12.8 Å². The van der Waals surface area contributed by atoms with Crippen LogP contribution in [0.3, 0.4) is 0 Å². The maximum absolute atomic E-state index is 6.05. The van der Waals surface area contributed by atoms with Crippen molar-refractivity contribution in [2.45, 2.75) is 12.8 Å². The number of benzene rings is 2. The SMILES string of the molecule is C=CCOc1ccc(Oc2ccc(OCC=C)c(CC=C)c2)cc1CC=C. The summed E-state index contributed by atoms with van der Waals surface area (Å²) in [6.45, 7) is 15.9. The van der Waals surface area contributed by atoms with Gasteiger partial charge in [0.2, 0.25) is 0 Å². The quantitative estimate of drug-likeness (QED) is 0.429. The molecular formula is C24H26O3. The van der Waals surface area contributed by atoms with E-state index in [1.807, 2.05) is 48.6 Å². The summed E-state index contributed by atoms with van der Waals surface area (Å²) in [5, 5.41) is 0. The maximum atomic E-state index is 6.05. The normalized spacial score (nSPS) is 9.93. The van der Waals surface area contributed by atoms with Crippen LogP contribution in [0.4, 0.5) is 0 Å². The first-order chi connectivity index (χ1) is 13.2. The summed E-state index contributed by atoms with van der Waals surface area (Å²) in [7, 11) is 0. The van der Waals surface area contributed by atoms with Crippen molar-refractivity contribution in [3.63, 3.8) is 0 Å². The third-order valence-corrected chi connectivity index (χ3v) is 3.74. The number of rotatable bonds is 12. The molecule has 0 unspecified atom stereocenters. The molecule has 3 heteroatoms. The van der Waals surface area contributed by atoms with Crippen LogP contribution in [-0.4, -0.2) is 13.2 Å². The van der Waals surface area contributed by atoms with Crippen LogP contribution < -0.4 is 14.2 Å². The minimum absolute atomic E-state index is 0.460. The molecule has 3 nitrogen and oxygen atoms in total. The Kier molecular flexibility index (Phi) is 7.98. The fourth-order valence-corrected chi connectivity index (χ4v) is 2.58. The molecule has 27 heavy (non-hydrogen) atoms. The molecule has 0 aliphatic carbocycles. The Bertz CT molecular complexity index is 738. The number of hydrogen-bond acceptors (Lipinski definition) is 3. The predicted molar refractivity (Wildman–Crippen MR) is 112 cm³/mol. The lowest BCUT2D eigenvalue weighted by atomic mass is 10.1. The Morgan fingerprint density at radius 2 is 1.07 bits per heavy atom. The molecule has 2 aromatic rings. The lowest BCUT2D eigenvalue weighted by molar-refractivity contribution is 0.358. The average molecular weight is 362 g/mol. The first-order valence-corrected chi connectivity index (χ1v) is 8.84. The van der Waals surface area contributed by atoms with E-state index in [1.165, 1.54) is 0 Å². The van der Waals surface area contributed by atoms with Crippen molar-refractivity contribution >= 4 is 0 Å². The molecule has 0 aliphatic heterocycles. The third kappa shape index (κ3) is 5.93. The third-order valence-electron chi connectivity index (χ3n) is 3.74. The standard InChI is InChI=1S/C24H26O3/c1-5-9-19-17-21(11-13-23(19)25-15-7-3)27-22-12-14-24(26-16-8-4)20(18-22)10-6-2/h5-8,11-14,17-18H,1-4,9-10,15-16H2. The first kappa shape index (κ1) is 20.1. The Hall–Kier alpha value is -3.20. The van der Waals surface area contributed by atoms with Gasteiger partial charge in [0.05, 0.1) is 0 Å². The van der Waals surface area contributed by atoms with Crippen LogP contribution in [0.1, 0.15) is 11.1 Å². The molecule has 0 heterocycles. The second kappa shape index (κ2) is 10.7. The van der Waals surface area contributed by atoms with Crippen molar-refractivity contribution in [1.29, 1.82) is 0 Å². The van der Waals surface area contributed by atoms with E-state index in [1.54, 1.807) is 12.2 Å². The van der Waals surface area contributed by atoms with Gasteiger partial charge in [-0.3, -0.25) is 0 Å². The van der Waals surface area contributed by atoms with E-state index in [0.29, 0.717) is 26.1 Å². The van der Waals surface area contributed by atoms with Gasteiger partial charge in [-0.2, -0.15) is 0 Å². The van der Waals surface area contributed by atoms with Crippen LogP contribution in [0.15, 0.2) is 87.0 Å². The molecule has 0 fully saturated rings. The smallest absolute Gasteiger partial charge is 0.127 e. The summed E-state index contributed by atoms with van der Waals surface area (Å²) in [4.78, 5) is 0. The minimum atomic E-state index is 0.460. The average Bonchev–Trinajstić information content (AvgIpc) is 2.67. The highest BCUT2D eigenvalue weighted by molar-refractivity contribution is 5.46. The lowest BCUT2D eigenvalue weighted by Crippen LogP contribution is -1.99. The summed E-state index contributed by atoms with van der Waals surface area (Å²) >= 11 is 0. The van der Waals surface area contributed by atoms with E-state index >= 15 is 0 Å². The van der Waals surface area contributed by atoms with Crippen LogP contribution in [0, 0.1) is 0 Å². The van der Waals surface area contributed by atoms with Crippen LogP contribution in [0.2, 0.25) is 0 Å². The van der Waals surface area contributed by atoms with Gasteiger partial charge in [-0.25, -0.2) is 0 Å². The van der Waals surface area contributed by atoms with Crippen molar-refractivity contribution in [2.75, 3.05) is 13.2 Å². The van der Waals surface area contributed by atoms with Crippen LogP contribution >= 0.6 is 0 Å². The van der Waals surface area contributed by atoms with E-state index in [4.69, 9.17) is 14.2 Å². The van der Waals surface area contributed by atoms with Gasteiger partial charge in [0.15, 0.2) is 0 Å². The fraction of sp³-hybridized carbons (Fsp3) is 0.167. The molecule has 0 radical (unpaired) electrons. The van der Waals surface area contributed by atoms with E-state index in [2.05, 4.69) is 26.3 Å². The van der Waals surface area contributed by atoms with Gasteiger partial charge in [-0.15, -0.1) is 13.2 Å². The van der Waals surface area contributed by atoms with Gasteiger partial charge in [0.1, 0.15) is 36.2 Å². The van der Waals surface area contributed by atoms with E-state index in [-0.39, 0.29) is 0 Å². The van der Waals surface area contributed by atoms with Crippen LogP contribution in [0.5, 0.6) is 23.0 Å². The number of hydrogen-bond donors (Lipinski definition) is 0. The molecule has 0 saturated carbocycles. The molecule has 2 aromatic carbocycles. The molecule has 0 aromatic heterocycles. The molecule has 0 amide bonds. The molecule has 0 aliphatic rings. The highest BCUT2D eigenvalue weighted by atomic mass is 16.5. The second-order valence-electron chi connectivity index (χ2n) is 5.83. The summed E-state index contributed by atoms with van der Waals surface area (Å²) in [6, 6.07) is 11.5. The van der Waals surface area contributed by atoms with Crippen molar-refractivity contribution in [3.8, 4) is 23.0 Å². The molecule has 2 rings (SSSR count). The van der Waals surface area contributed by atoms with Gasteiger partial charge in [-0.1, -0.05) is 37.5 Å². The maximum Gasteiger partial charge on any atom is 0.127 e. The Labute approximate surface area is 161 Å². The lowest BCUT2D eigenvalue weighted by Gasteiger charge is -2.14. The largest absolute Gasteiger partial charge is 0.489 e. The van der Waals surface area contributed by atoms with E-state index < -0.39 is 0 Å². The van der Waals surface area contributed by atoms with Gasteiger partial charge in [0.25, 0.3) is 0 Å². The molecule has 0 bridgehead atoms. The minimum Gasteiger partial charge on any atom is -0.489 e. The fourth-order valence-electron chi connectivity index (χ4n) is 2.58. The summed E-state index contributed by atoms with van der Waals surface area (Å²) < 4.78 is 17.4. The molecule has 0 spiro atoms. The van der Waals surface area contributed by atoms with E-state index in [9.17, 15) is 0 Å². The monoisotopic (exact) mass is 362 g/mol. The molecular weight excluding hydrogens is 336 g/mol. The zero-order valence-electron chi connectivity index (χ0n) is 15.7. The van der Waals surface area contributed by atoms with Gasteiger partial charge in [-0.05, 0) is 49.2 Å². The topological polar surface area (TPSA) is 27.7 Å². The van der Waals surface area contributed by atoms with Crippen molar-refractivity contribution in [1.82, 2.24) is 0 Å². The number of allylic oxidation sites excluding steroid dienone is 2. The van der Waals surface area contributed by atoms with Gasteiger partial charge >= 0.3 is 0 Å². The molecule has 0 N–H and O–H groups in total. The second-order valence-corrected chi connectivity index (χ2v) is 5.83. The van der Waals surface area contributed by atoms with Crippen molar-refractivity contribution in [2.24, 2.45) is 0 Å². The van der Waals surface area contributed by atoms with Crippen LogP contribution in [0.25, 0.3) is 0 Å². The van der Waals surface area contributed by atoms with Gasteiger partial charge in [0, 0.05) is 11.1 Å². The zero-order chi connectivity index (χ0) is 19.5. The number of ether oxygens (including phenoxy) is 3. The highest BCUT2D eigenvalue weighted by Crippen LogP contribution is 2.31. The summed E-state index contributed by atoms with van der Waals surface area (Å²) in [6.07, 6.45) is 8.51. The molecule has 0 saturated heterocycles. The van der Waals surface area contributed by atoms with Crippen molar-refractivity contribution < 1.29 is 14.2 Å². The Balaban J connectivity index is 2.24. The highest BCUT2D eigenvalue weighted by Gasteiger charge is 2.08. The molecule has 0 atom stereocenters. The zero-order valence-corrected chi connectivity index (χ0v) is 15.7. The first-order valence-electron chi connectivity index (χ1n) is 8.84. The summed E-state index contributed by atoms with van der Waals surface area (Å²) in [5.74, 6) is 3.09.